The van der Waals surface area contributed by atoms with Gasteiger partial charge in [-0.05, 0) is 55.7 Å². The molecule has 0 saturated carbocycles. The SMILES string of the molecule is C[C@H](CCc1ccccc1)NCc1cc(Cl)ccc1OCc1ccc(F)cc1Cl. The van der Waals surface area contributed by atoms with Gasteiger partial charge in [0.2, 0.25) is 0 Å². The van der Waals surface area contributed by atoms with Crippen LogP contribution in [0.3, 0.4) is 0 Å². The Kier molecular flexibility index (Phi) is 7.93. The quantitative estimate of drug-likeness (QED) is 0.401. The highest BCUT2D eigenvalue weighted by molar-refractivity contribution is 6.31. The molecule has 0 saturated heterocycles. The van der Waals surface area contributed by atoms with Crippen LogP contribution in [0, 0.1) is 5.82 Å². The van der Waals surface area contributed by atoms with Gasteiger partial charge in [-0.2, -0.15) is 0 Å². The van der Waals surface area contributed by atoms with Crippen molar-refractivity contribution in [2.45, 2.75) is 39.0 Å². The first-order chi connectivity index (χ1) is 14.0. The van der Waals surface area contributed by atoms with Crippen LogP contribution in [-0.4, -0.2) is 6.04 Å². The summed E-state index contributed by atoms with van der Waals surface area (Å²) in [6.45, 7) is 3.08. The van der Waals surface area contributed by atoms with E-state index >= 15 is 0 Å². The monoisotopic (exact) mass is 431 g/mol. The van der Waals surface area contributed by atoms with Crippen molar-refractivity contribution < 1.29 is 9.13 Å². The van der Waals surface area contributed by atoms with E-state index in [9.17, 15) is 4.39 Å². The third-order valence-electron chi connectivity index (χ3n) is 4.77. The molecule has 0 fully saturated rings. The predicted octanol–water partition coefficient (Wildman–Crippen LogP) is 6.82. The summed E-state index contributed by atoms with van der Waals surface area (Å²) in [4.78, 5) is 0. The van der Waals surface area contributed by atoms with E-state index in [0.717, 1.165) is 29.7 Å². The lowest BCUT2D eigenvalue weighted by atomic mass is 10.1. The van der Waals surface area contributed by atoms with E-state index in [4.69, 9.17) is 27.9 Å². The molecule has 0 unspecified atom stereocenters. The Morgan fingerprint density at radius 2 is 1.76 bits per heavy atom. The first-order valence-electron chi connectivity index (χ1n) is 9.63. The van der Waals surface area contributed by atoms with Crippen LogP contribution >= 0.6 is 23.2 Å². The maximum absolute atomic E-state index is 13.2. The minimum absolute atomic E-state index is 0.261. The van der Waals surface area contributed by atoms with Crippen LogP contribution in [-0.2, 0) is 19.6 Å². The highest BCUT2D eigenvalue weighted by atomic mass is 35.5. The molecule has 29 heavy (non-hydrogen) atoms. The topological polar surface area (TPSA) is 21.3 Å². The minimum atomic E-state index is -0.361. The zero-order valence-corrected chi connectivity index (χ0v) is 17.8. The van der Waals surface area contributed by atoms with E-state index in [1.807, 2.05) is 18.2 Å². The number of benzene rings is 3. The van der Waals surface area contributed by atoms with Gasteiger partial charge in [0, 0.05) is 28.7 Å². The van der Waals surface area contributed by atoms with E-state index in [-0.39, 0.29) is 12.4 Å². The van der Waals surface area contributed by atoms with Gasteiger partial charge in [-0.25, -0.2) is 4.39 Å². The average Bonchev–Trinajstić information content (AvgIpc) is 2.72. The van der Waals surface area contributed by atoms with Gasteiger partial charge in [0.25, 0.3) is 0 Å². The molecule has 0 heterocycles. The molecule has 5 heteroatoms. The normalized spacial score (nSPS) is 12.0. The lowest BCUT2D eigenvalue weighted by Gasteiger charge is -2.17. The summed E-state index contributed by atoms with van der Waals surface area (Å²) < 4.78 is 19.2. The zero-order chi connectivity index (χ0) is 20.6. The van der Waals surface area contributed by atoms with E-state index in [1.165, 1.54) is 17.7 Å². The molecule has 152 valence electrons. The molecule has 0 bridgehead atoms. The molecular weight excluding hydrogens is 408 g/mol. The fourth-order valence-electron chi connectivity index (χ4n) is 3.04. The molecule has 0 spiro atoms. The molecule has 3 aromatic rings. The number of hydrogen-bond donors (Lipinski definition) is 1. The van der Waals surface area contributed by atoms with Crippen LogP contribution in [0.4, 0.5) is 4.39 Å². The fourth-order valence-corrected chi connectivity index (χ4v) is 3.45. The van der Waals surface area contributed by atoms with Gasteiger partial charge >= 0.3 is 0 Å². The second kappa shape index (κ2) is 10.6. The van der Waals surface area contributed by atoms with Crippen LogP contribution in [0.2, 0.25) is 10.0 Å². The zero-order valence-electron chi connectivity index (χ0n) is 16.3. The van der Waals surface area contributed by atoms with Crippen molar-refractivity contribution in [1.82, 2.24) is 5.32 Å². The summed E-state index contributed by atoms with van der Waals surface area (Å²) in [5, 5.41) is 4.55. The summed E-state index contributed by atoms with van der Waals surface area (Å²) in [5.41, 5.74) is 3.05. The van der Waals surface area contributed by atoms with Crippen molar-refractivity contribution in [2.24, 2.45) is 0 Å². The van der Waals surface area contributed by atoms with Gasteiger partial charge in [0.1, 0.15) is 18.2 Å². The molecular formula is C24H24Cl2FNO. The molecule has 0 radical (unpaired) electrons. The van der Waals surface area contributed by atoms with Gasteiger partial charge < -0.3 is 10.1 Å². The van der Waals surface area contributed by atoms with Gasteiger partial charge in [0.15, 0.2) is 0 Å². The second-order valence-electron chi connectivity index (χ2n) is 7.08. The lowest BCUT2D eigenvalue weighted by Crippen LogP contribution is -2.26. The molecule has 0 amide bonds. The molecule has 2 nitrogen and oxygen atoms in total. The molecule has 0 aliphatic heterocycles. The Balaban J connectivity index is 1.58. The Morgan fingerprint density at radius 1 is 0.966 bits per heavy atom. The maximum Gasteiger partial charge on any atom is 0.124 e. The summed E-state index contributed by atoms with van der Waals surface area (Å²) in [7, 11) is 0. The van der Waals surface area contributed by atoms with E-state index < -0.39 is 0 Å². The fraction of sp³-hybridized carbons (Fsp3) is 0.250. The molecule has 1 N–H and O–H groups in total. The predicted molar refractivity (Wildman–Crippen MR) is 118 cm³/mol. The van der Waals surface area contributed by atoms with Crippen LogP contribution < -0.4 is 10.1 Å². The van der Waals surface area contributed by atoms with Gasteiger partial charge in [-0.15, -0.1) is 0 Å². The van der Waals surface area contributed by atoms with Crippen molar-refractivity contribution in [2.75, 3.05) is 0 Å². The second-order valence-corrected chi connectivity index (χ2v) is 7.93. The smallest absolute Gasteiger partial charge is 0.124 e. The average molecular weight is 432 g/mol. The van der Waals surface area contributed by atoms with Crippen LogP contribution in [0.1, 0.15) is 30.0 Å². The lowest BCUT2D eigenvalue weighted by molar-refractivity contribution is 0.301. The van der Waals surface area contributed by atoms with E-state index in [2.05, 4.69) is 36.5 Å². The first kappa shape index (κ1) is 21.6. The van der Waals surface area contributed by atoms with Crippen LogP contribution in [0.5, 0.6) is 5.75 Å². The van der Waals surface area contributed by atoms with Gasteiger partial charge in [-0.3, -0.25) is 0 Å². The standard InChI is InChI=1S/C24H24Cl2FNO/c1-17(7-8-18-5-3-2-4-6-18)28-15-20-13-21(25)10-12-24(20)29-16-19-9-11-22(27)14-23(19)26/h2-6,9-14,17,28H,7-8,15-16H2,1H3/t17-/m1/s1. The van der Waals surface area contributed by atoms with Crippen LogP contribution in [0.15, 0.2) is 66.7 Å². The molecule has 3 aromatic carbocycles. The van der Waals surface area contributed by atoms with Gasteiger partial charge in [0.05, 0.1) is 5.02 Å². The number of halogens is 3. The highest BCUT2D eigenvalue weighted by Gasteiger charge is 2.10. The van der Waals surface area contributed by atoms with Crippen molar-refractivity contribution in [3.63, 3.8) is 0 Å². The van der Waals surface area contributed by atoms with Crippen molar-refractivity contribution in [3.8, 4) is 5.75 Å². The summed E-state index contributed by atoms with van der Waals surface area (Å²) in [6, 6.07) is 20.7. The van der Waals surface area contributed by atoms with E-state index in [1.54, 1.807) is 12.1 Å². The summed E-state index contributed by atoms with van der Waals surface area (Å²) in [5.74, 6) is 0.372. The number of nitrogens with one attached hydrogen (secondary N) is 1. The van der Waals surface area contributed by atoms with Crippen molar-refractivity contribution in [3.05, 3.63) is 99.3 Å². The van der Waals surface area contributed by atoms with Crippen molar-refractivity contribution in [1.29, 1.82) is 0 Å². The number of hydrogen-bond acceptors (Lipinski definition) is 2. The maximum atomic E-state index is 13.2. The van der Waals surface area contributed by atoms with Crippen molar-refractivity contribution >= 4 is 23.2 Å². The van der Waals surface area contributed by atoms with E-state index in [0.29, 0.717) is 22.6 Å². The molecule has 3 rings (SSSR count). The first-order valence-corrected chi connectivity index (χ1v) is 10.4. The van der Waals surface area contributed by atoms with Crippen LogP contribution in [0.25, 0.3) is 0 Å². The summed E-state index contributed by atoms with van der Waals surface area (Å²) in [6.07, 6.45) is 2.06. The molecule has 0 aromatic heterocycles. The third kappa shape index (κ3) is 6.74. The Labute approximate surface area is 181 Å². The number of aryl methyl sites for hydroxylation is 1. The Morgan fingerprint density at radius 3 is 2.52 bits per heavy atom. The Bertz CT molecular complexity index is 933. The largest absolute Gasteiger partial charge is 0.489 e. The third-order valence-corrected chi connectivity index (χ3v) is 5.36. The Hall–Kier alpha value is -2.07. The number of rotatable bonds is 9. The number of ether oxygens (including phenoxy) is 1. The molecule has 0 aliphatic rings. The molecule has 0 aliphatic carbocycles. The minimum Gasteiger partial charge on any atom is -0.489 e. The summed E-state index contributed by atoms with van der Waals surface area (Å²) >= 11 is 12.3. The van der Waals surface area contributed by atoms with Gasteiger partial charge in [-0.1, -0.05) is 59.6 Å². The molecule has 1 atom stereocenters. The highest BCUT2D eigenvalue weighted by Crippen LogP contribution is 2.26.